The Labute approximate surface area is 236 Å². The molecule has 1 saturated heterocycles. The smallest absolute Gasteiger partial charge is 0.233 e. The number of ether oxygens (including phenoxy) is 1. The Morgan fingerprint density at radius 1 is 1.00 bits per heavy atom. The number of hydrogen-bond donors (Lipinski definition) is 1. The third kappa shape index (κ3) is 4.84. The molecule has 4 aromatic heterocycles. The van der Waals surface area contributed by atoms with Crippen molar-refractivity contribution in [2.45, 2.75) is 38.6 Å². The molecule has 10 heteroatoms. The van der Waals surface area contributed by atoms with Gasteiger partial charge in [0, 0.05) is 55.0 Å². The molecule has 5 heterocycles. The van der Waals surface area contributed by atoms with Gasteiger partial charge in [-0.25, -0.2) is 9.97 Å². The van der Waals surface area contributed by atoms with Crippen molar-refractivity contribution in [3.63, 3.8) is 0 Å². The fourth-order valence-electron chi connectivity index (χ4n) is 5.85. The van der Waals surface area contributed by atoms with Crippen LogP contribution in [-0.4, -0.2) is 51.6 Å². The van der Waals surface area contributed by atoms with E-state index in [-0.39, 0.29) is 17.3 Å². The third-order valence-electron chi connectivity index (χ3n) is 7.97. The van der Waals surface area contributed by atoms with Gasteiger partial charge in [0.05, 0.1) is 30.0 Å². The zero-order valence-electron chi connectivity index (χ0n) is 22.8. The number of nitrogens with one attached hydrogen (secondary N) is 1. The SMILES string of the molecule is CC(=O)c1cc2cnc(Nc3ccc(-c4ccc5c(=O)cc(N6CCOCC6)oc5n4)cc3)nc2n1C1CCCC1. The molecule has 10 nitrogen and oxygen atoms in total. The molecule has 0 spiro atoms. The third-order valence-corrected chi connectivity index (χ3v) is 7.97. The molecule has 1 aliphatic heterocycles. The van der Waals surface area contributed by atoms with Gasteiger partial charge in [-0.3, -0.25) is 9.59 Å². The molecule has 1 saturated carbocycles. The largest absolute Gasteiger partial charge is 0.422 e. The fraction of sp³-hybridized carbons (Fsp3) is 0.323. The van der Waals surface area contributed by atoms with E-state index >= 15 is 0 Å². The van der Waals surface area contributed by atoms with Crippen molar-refractivity contribution < 1.29 is 13.9 Å². The molecule has 0 radical (unpaired) electrons. The first kappa shape index (κ1) is 25.4. The number of morpholine rings is 1. The molecular formula is C31H30N6O4. The van der Waals surface area contributed by atoms with Crippen LogP contribution in [0.15, 0.2) is 63.9 Å². The quantitative estimate of drug-likeness (QED) is 0.274. The van der Waals surface area contributed by atoms with Crippen molar-refractivity contribution in [2.24, 2.45) is 0 Å². The monoisotopic (exact) mass is 550 g/mol. The first-order valence-electron chi connectivity index (χ1n) is 14.1. The molecular weight excluding hydrogens is 520 g/mol. The van der Waals surface area contributed by atoms with E-state index in [0.29, 0.717) is 60.6 Å². The van der Waals surface area contributed by atoms with Crippen LogP contribution in [0.2, 0.25) is 0 Å². The summed E-state index contributed by atoms with van der Waals surface area (Å²) in [6.07, 6.45) is 6.21. The first-order chi connectivity index (χ1) is 20.0. The van der Waals surface area contributed by atoms with E-state index < -0.39 is 0 Å². The van der Waals surface area contributed by atoms with Gasteiger partial charge >= 0.3 is 0 Å². The van der Waals surface area contributed by atoms with Crippen LogP contribution >= 0.6 is 0 Å². The number of Topliss-reactive ketones (excluding diaryl/α,β-unsaturated/α-hetero) is 1. The second-order valence-electron chi connectivity index (χ2n) is 10.7. The Hall–Kier alpha value is -4.57. The molecule has 2 aliphatic rings. The maximum Gasteiger partial charge on any atom is 0.233 e. The zero-order chi connectivity index (χ0) is 27.9. The highest BCUT2D eigenvalue weighted by Gasteiger charge is 2.24. The van der Waals surface area contributed by atoms with E-state index in [1.54, 1.807) is 19.2 Å². The van der Waals surface area contributed by atoms with Gasteiger partial charge in [0.1, 0.15) is 5.65 Å². The van der Waals surface area contributed by atoms with Crippen LogP contribution in [0.5, 0.6) is 0 Å². The summed E-state index contributed by atoms with van der Waals surface area (Å²) in [6, 6.07) is 15.1. The Kier molecular flexibility index (Phi) is 6.47. The number of rotatable bonds is 6. The van der Waals surface area contributed by atoms with Gasteiger partial charge in [0.2, 0.25) is 17.5 Å². The Bertz CT molecular complexity index is 1820. The summed E-state index contributed by atoms with van der Waals surface area (Å²) >= 11 is 0. The summed E-state index contributed by atoms with van der Waals surface area (Å²) in [5.41, 5.74) is 4.09. The van der Waals surface area contributed by atoms with Crippen LogP contribution < -0.4 is 15.6 Å². The molecule has 2 fully saturated rings. The molecule has 1 N–H and O–H groups in total. The van der Waals surface area contributed by atoms with Crippen LogP contribution in [0, 0.1) is 0 Å². The zero-order valence-corrected chi connectivity index (χ0v) is 22.8. The van der Waals surface area contributed by atoms with Gasteiger partial charge in [-0.05, 0) is 43.2 Å². The van der Waals surface area contributed by atoms with E-state index in [4.69, 9.17) is 14.1 Å². The number of carbonyl (C=O) groups excluding carboxylic acids is 1. The highest BCUT2D eigenvalue weighted by Crippen LogP contribution is 2.35. The van der Waals surface area contributed by atoms with Crippen LogP contribution in [-0.2, 0) is 4.74 Å². The fourth-order valence-corrected chi connectivity index (χ4v) is 5.85. The lowest BCUT2D eigenvalue weighted by Crippen LogP contribution is -2.36. The maximum absolute atomic E-state index is 12.7. The van der Waals surface area contributed by atoms with Gasteiger partial charge in [0.25, 0.3) is 0 Å². The molecule has 1 aromatic carbocycles. The van der Waals surface area contributed by atoms with Crippen molar-refractivity contribution in [1.29, 1.82) is 0 Å². The normalized spacial score (nSPS) is 16.1. The number of carbonyl (C=O) groups is 1. The number of hydrogen-bond acceptors (Lipinski definition) is 9. The number of ketones is 1. The van der Waals surface area contributed by atoms with Gasteiger partial charge in [-0.2, -0.15) is 4.98 Å². The lowest BCUT2D eigenvalue weighted by Gasteiger charge is -2.27. The predicted octanol–water partition coefficient (Wildman–Crippen LogP) is 5.50. The number of nitrogens with zero attached hydrogens (tertiary/aromatic N) is 5. The average molecular weight is 551 g/mol. The molecule has 41 heavy (non-hydrogen) atoms. The molecule has 1 aliphatic carbocycles. The topological polar surface area (TPSA) is 115 Å². The number of fused-ring (bicyclic) bond motifs is 2. The van der Waals surface area contributed by atoms with Crippen molar-refractivity contribution in [2.75, 3.05) is 36.5 Å². The van der Waals surface area contributed by atoms with Crippen LogP contribution in [0.25, 0.3) is 33.4 Å². The van der Waals surface area contributed by atoms with Crippen molar-refractivity contribution in [1.82, 2.24) is 19.5 Å². The Morgan fingerprint density at radius 3 is 2.54 bits per heavy atom. The summed E-state index contributed by atoms with van der Waals surface area (Å²) in [5.74, 6) is 1.03. The number of anilines is 3. The highest BCUT2D eigenvalue weighted by atomic mass is 16.5. The Morgan fingerprint density at radius 2 is 1.78 bits per heavy atom. The van der Waals surface area contributed by atoms with Crippen molar-refractivity contribution in [3.8, 4) is 11.3 Å². The number of aromatic nitrogens is 4. The van der Waals surface area contributed by atoms with Gasteiger partial charge in [0.15, 0.2) is 11.2 Å². The minimum absolute atomic E-state index is 0.0406. The summed E-state index contributed by atoms with van der Waals surface area (Å²) in [5, 5.41) is 4.62. The van der Waals surface area contributed by atoms with Crippen molar-refractivity contribution >= 4 is 45.4 Å². The molecule has 5 aromatic rings. The van der Waals surface area contributed by atoms with Crippen LogP contribution in [0.1, 0.15) is 49.1 Å². The molecule has 0 amide bonds. The first-order valence-corrected chi connectivity index (χ1v) is 14.1. The summed E-state index contributed by atoms with van der Waals surface area (Å²) < 4.78 is 13.6. The molecule has 0 bridgehead atoms. The average Bonchev–Trinajstić information content (AvgIpc) is 3.66. The maximum atomic E-state index is 12.7. The standard InChI is InChI=1S/C31H30N6O4/c1-19(38)26-16-21-18-32-31(35-29(21)37(26)23-4-2-3-5-23)33-22-8-6-20(7-9-22)25-11-10-24-27(39)17-28(41-30(24)34-25)36-12-14-40-15-13-36/h6-11,16-18,23H,2-5,12-15H2,1H3,(H,32,33,35). The van der Waals surface area contributed by atoms with E-state index in [0.717, 1.165) is 48.0 Å². The minimum Gasteiger partial charge on any atom is -0.422 e. The van der Waals surface area contributed by atoms with Crippen molar-refractivity contribution in [3.05, 3.63) is 70.6 Å². The van der Waals surface area contributed by atoms with Crippen LogP contribution in [0.3, 0.4) is 0 Å². The minimum atomic E-state index is -0.113. The predicted molar refractivity (Wildman–Crippen MR) is 157 cm³/mol. The summed E-state index contributed by atoms with van der Waals surface area (Å²) in [6.45, 7) is 4.14. The van der Waals surface area contributed by atoms with Gasteiger partial charge in [-0.1, -0.05) is 25.0 Å². The highest BCUT2D eigenvalue weighted by molar-refractivity contribution is 5.98. The summed E-state index contributed by atoms with van der Waals surface area (Å²) in [4.78, 5) is 41.1. The van der Waals surface area contributed by atoms with E-state index in [1.165, 1.54) is 6.07 Å². The lowest BCUT2D eigenvalue weighted by molar-refractivity contribution is 0.100. The van der Waals surface area contributed by atoms with E-state index in [9.17, 15) is 9.59 Å². The lowest BCUT2D eigenvalue weighted by atomic mass is 10.1. The molecule has 208 valence electrons. The molecule has 7 rings (SSSR count). The number of benzene rings is 1. The summed E-state index contributed by atoms with van der Waals surface area (Å²) in [7, 11) is 0. The molecule has 0 unspecified atom stereocenters. The molecule has 0 atom stereocenters. The second-order valence-corrected chi connectivity index (χ2v) is 10.7. The van der Waals surface area contributed by atoms with E-state index in [2.05, 4.69) is 19.9 Å². The second kappa shape index (κ2) is 10.4. The number of pyridine rings is 1. The van der Waals surface area contributed by atoms with Crippen LogP contribution in [0.4, 0.5) is 17.5 Å². The van der Waals surface area contributed by atoms with Gasteiger partial charge < -0.3 is 23.9 Å². The van der Waals surface area contributed by atoms with Gasteiger partial charge in [-0.15, -0.1) is 0 Å². The Balaban J connectivity index is 1.15. The van der Waals surface area contributed by atoms with E-state index in [1.807, 2.05) is 41.3 Å².